The van der Waals surface area contributed by atoms with Crippen LogP contribution in [0.3, 0.4) is 0 Å². The lowest BCUT2D eigenvalue weighted by atomic mass is 9.94. The van der Waals surface area contributed by atoms with Gasteiger partial charge in [0.15, 0.2) is 0 Å². The summed E-state index contributed by atoms with van der Waals surface area (Å²) in [6, 6.07) is 15.4. The topological polar surface area (TPSA) is 71.1 Å². The molecule has 35 heavy (non-hydrogen) atoms. The molecule has 0 spiro atoms. The van der Waals surface area contributed by atoms with Crippen LogP contribution in [-0.4, -0.2) is 74.6 Å². The van der Waals surface area contributed by atoms with Crippen LogP contribution in [0.5, 0.6) is 11.5 Å². The van der Waals surface area contributed by atoms with E-state index in [0.717, 1.165) is 19.3 Å². The first-order valence-electron chi connectivity index (χ1n) is 12.7. The molecule has 1 aliphatic carbocycles. The van der Waals surface area contributed by atoms with Gasteiger partial charge in [-0.05, 0) is 42.9 Å². The van der Waals surface area contributed by atoms with Gasteiger partial charge in [-0.25, -0.2) is 0 Å². The highest BCUT2D eigenvalue weighted by Gasteiger charge is 2.37. The Morgan fingerprint density at radius 3 is 2.17 bits per heavy atom. The number of hydrogen-bond acceptors (Lipinski definition) is 5. The van der Waals surface area contributed by atoms with E-state index in [1.165, 1.54) is 18.4 Å². The van der Waals surface area contributed by atoms with Crippen molar-refractivity contribution < 1.29 is 19.1 Å². The van der Waals surface area contributed by atoms with Gasteiger partial charge >= 0.3 is 0 Å². The quantitative estimate of drug-likeness (QED) is 0.597. The van der Waals surface area contributed by atoms with E-state index in [4.69, 9.17) is 9.47 Å². The first kappa shape index (κ1) is 25.0. The van der Waals surface area contributed by atoms with Crippen molar-refractivity contribution in [3.05, 3.63) is 59.7 Å². The number of rotatable bonds is 9. The maximum absolute atomic E-state index is 13.3. The maximum Gasteiger partial charge on any atom is 0.254 e. The average Bonchev–Trinajstić information content (AvgIpc) is 3.43. The van der Waals surface area contributed by atoms with Crippen molar-refractivity contribution in [2.45, 2.75) is 38.1 Å². The lowest BCUT2D eigenvalue weighted by Gasteiger charge is -2.40. The minimum atomic E-state index is -0.123. The Morgan fingerprint density at radius 2 is 1.57 bits per heavy atom. The van der Waals surface area contributed by atoms with E-state index in [-0.39, 0.29) is 17.9 Å². The van der Waals surface area contributed by atoms with Crippen LogP contribution in [0.1, 0.15) is 41.6 Å². The molecule has 1 heterocycles. The number of carbonyl (C=O) groups excluding carboxylic acids is 2. The van der Waals surface area contributed by atoms with Gasteiger partial charge in [-0.2, -0.15) is 0 Å². The molecule has 0 bridgehead atoms. The molecular formula is C28H37N3O4. The lowest BCUT2D eigenvalue weighted by molar-refractivity contribution is -0.129. The van der Waals surface area contributed by atoms with Crippen LogP contribution >= 0.6 is 0 Å². The molecule has 0 aromatic heterocycles. The van der Waals surface area contributed by atoms with Gasteiger partial charge < -0.3 is 19.7 Å². The largest absolute Gasteiger partial charge is 0.497 e. The molecule has 2 aliphatic rings. The van der Waals surface area contributed by atoms with Crippen LogP contribution in [0.4, 0.5) is 0 Å². The average molecular weight is 480 g/mol. The van der Waals surface area contributed by atoms with Crippen molar-refractivity contribution in [3.63, 3.8) is 0 Å². The van der Waals surface area contributed by atoms with Gasteiger partial charge in [-0.1, -0.05) is 43.2 Å². The Kier molecular flexibility index (Phi) is 8.64. The van der Waals surface area contributed by atoms with Crippen LogP contribution in [0.15, 0.2) is 48.5 Å². The van der Waals surface area contributed by atoms with Crippen molar-refractivity contribution >= 4 is 11.8 Å². The molecule has 0 radical (unpaired) electrons. The number of amides is 2. The number of piperazine rings is 1. The number of methoxy groups -OCH3 is 2. The minimum Gasteiger partial charge on any atom is -0.497 e. The second-order valence-electron chi connectivity index (χ2n) is 9.45. The van der Waals surface area contributed by atoms with E-state index in [2.05, 4.69) is 22.3 Å². The van der Waals surface area contributed by atoms with E-state index >= 15 is 0 Å². The monoisotopic (exact) mass is 479 g/mol. The third-order valence-corrected chi connectivity index (χ3v) is 7.26. The highest BCUT2D eigenvalue weighted by atomic mass is 16.5. The molecule has 2 fully saturated rings. The molecule has 7 heteroatoms. The Balaban J connectivity index is 1.37. The van der Waals surface area contributed by atoms with Gasteiger partial charge in [0.05, 0.1) is 20.3 Å². The predicted molar refractivity (Wildman–Crippen MR) is 136 cm³/mol. The van der Waals surface area contributed by atoms with Crippen molar-refractivity contribution in [3.8, 4) is 11.5 Å². The van der Waals surface area contributed by atoms with Crippen molar-refractivity contribution in [1.29, 1.82) is 0 Å². The van der Waals surface area contributed by atoms with Crippen molar-refractivity contribution in [2.24, 2.45) is 5.92 Å². The number of nitrogens with one attached hydrogen (secondary N) is 1. The second kappa shape index (κ2) is 12.1. The fourth-order valence-electron chi connectivity index (χ4n) is 5.35. The molecule has 1 saturated carbocycles. The molecule has 1 N–H and O–H groups in total. The molecule has 2 amide bonds. The Bertz CT molecular complexity index is 961. The summed E-state index contributed by atoms with van der Waals surface area (Å²) in [6.45, 7) is 3.22. The van der Waals surface area contributed by atoms with Gasteiger partial charge in [0.25, 0.3) is 5.91 Å². The molecule has 1 saturated heterocycles. The first-order valence-corrected chi connectivity index (χ1v) is 12.7. The number of hydrogen-bond donors (Lipinski definition) is 1. The number of benzene rings is 2. The van der Waals surface area contributed by atoms with Crippen LogP contribution in [0.2, 0.25) is 0 Å². The van der Waals surface area contributed by atoms with Crippen molar-refractivity contribution in [2.75, 3.05) is 46.9 Å². The summed E-state index contributed by atoms with van der Waals surface area (Å²) in [7, 11) is 3.16. The predicted octanol–water partition coefficient (Wildman–Crippen LogP) is 3.38. The molecular weight excluding hydrogens is 442 g/mol. The lowest BCUT2D eigenvalue weighted by Crippen LogP contribution is -2.58. The zero-order valence-electron chi connectivity index (χ0n) is 20.9. The summed E-state index contributed by atoms with van der Waals surface area (Å²) < 4.78 is 10.6. The van der Waals surface area contributed by atoms with Crippen LogP contribution in [-0.2, 0) is 11.2 Å². The Morgan fingerprint density at radius 1 is 0.943 bits per heavy atom. The smallest absolute Gasteiger partial charge is 0.254 e. The van der Waals surface area contributed by atoms with Gasteiger partial charge in [0.1, 0.15) is 11.5 Å². The molecule has 4 rings (SSSR count). The Labute approximate surface area is 208 Å². The number of carbonyl (C=O) groups is 2. The zero-order valence-corrected chi connectivity index (χ0v) is 20.9. The SMILES string of the molecule is COc1cc(OC)cc(C(=O)N2CCN(C(C(=O)NCCc3ccccc3)C3CCCC3)CC2)c1. The van der Waals surface area contributed by atoms with E-state index in [0.29, 0.717) is 55.7 Å². The number of nitrogens with zero attached hydrogens (tertiary/aromatic N) is 2. The molecule has 1 atom stereocenters. The molecule has 2 aromatic rings. The summed E-state index contributed by atoms with van der Waals surface area (Å²) in [4.78, 5) is 30.7. The maximum atomic E-state index is 13.3. The van der Waals surface area contributed by atoms with E-state index in [1.54, 1.807) is 32.4 Å². The highest BCUT2D eigenvalue weighted by Crippen LogP contribution is 2.31. The highest BCUT2D eigenvalue weighted by molar-refractivity contribution is 5.95. The van der Waals surface area contributed by atoms with Crippen molar-refractivity contribution in [1.82, 2.24) is 15.1 Å². The van der Waals surface area contributed by atoms with Crippen LogP contribution < -0.4 is 14.8 Å². The molecule has 1 unspecified atom stereocenters. The third-order valence-electron chi connectivity index (χ3n) is 7.26. The zero-order chi connectivity index (χ0) is 24.6. The minimum absolute atomic E-state index is 0.0356. The van der Waals surface area contributed by atoms with Crippen LogP contribution in [0.25, 0.3) is 0 Å². The standard InChI is InChI=1S/C28H37N3O4/c1-34-24-18-23(19-25(20-24)35-2)28(33)31-16-14-30(15-17-31)26(22-10-6-7-11-22)27(32)29-13-12-21-8-4-3-5-9-21/h3-5,8-9,18-20,22,26H,6-7,10-17H2,1-2H3,(H,29,32). The van der Waals surface area contributed by atoms with E-state index in [9.17, 15) is 9.59 Å². The number of ether oxygens (including phenoxy) is 2. The summed E-state index contributed by atoms with van der Waals surface area (Å²) in [5.41, 5.74) is 1.78. The van der Waals surface area contributed by atoms with Gasteiger partial charge in [0, 0.05) is 44.4 Å². The summed E-state index contributed by atoms with van der Waals surface area (Å²) in [6.07, 6.45) is 5.40. The normalized spacial score (nSPS) is 17.7. The molecule has 7 nitrogen and oxygen atoms in total. The first-order chi connectivity index (χ1) is 17.1. The summed E-state index contributed by atoms with van der Waals surface area (Å²) >= 11 is 0. The van der Waals surface area contributed by atoms with Gasteiger partial charge in [0.2, 0.25) is 5.91 Å². The third kappa shape index (κ3) is 6.34. The molecule has 188 valence electrons. The second-order valence-corrected chi connectivity index (χ2v) is 9.45. The fraction of sp³-hybridized carbons (Fsp3) is 0.500. The summed E-state index contributed by atoms with van der Waals surface area (Å²) in [5.74, 6) is 1.67. The van der Waals surface area contributed by atoms with Crippen LogP contribution in [0, 0.1) is 5.92 Å². The molecule has 1 aliphatic heterocycles. The van der Waals surface area contributed by atoms with E-state index < -0.39 is 0 Å². The molecule has 2 aromatic carbocycles. The summed E-state index contributed by atoms with van der Waals surface area (Å²) in [5, 5.41) is 3.20. The fourth-order valence-corrected chi connectivity index (χ4v) is 5.35. The Hall–Kier alpha value is -3.06. The van der Waals surface area contributed by atoms with Gasteiger partial charge in [-0.3, -0.25) is 14.5 Å². The van der Waals surface area contributed by atoms with E-state index in [1.807, 2.05) is 23.1 Å². The van der Waals surface area contributed by atoms with Gasteiger partial charge in [-0.15, -0.1) is 0 Å².